The number of hydrogen-bond donors (Lipinski definition) is 1. The molecule has 1 aromatic carbocycles. The number of nitrogens with zero attached hydrogens (tertiary/aromatic N) is 2. The summed E-state index contributed by atoms with van der Waals surface area (Å²) in [6, 6.07) is 11.7. The van der Waals surface area contributed by atoms with Crippen LogP contribution in [-0.4, -0.2) is 32.9 Å². The van der Waals surface area contributed by atoms with Gasteiger partial charge in [0, 0.05) is 17.6 Å². The molecule has 1 saturated carbocycles. The fraction of sp³-hybridized carbons (Fsp3) is 0.391. The van der Waals surface area contributed by atoms with Crippen LogP contribution in [0.4, 0.5) is 0 Å². The molecule has 3 aromatic rings. The Balaban J connectivity index is 1.55. The van der Waals surface area contributed by atoms with Crippen LogP contribution >= 0.6 is 22.9 Å². The van der Waals surface area contributed by atoms with Crippen LogP contribution in [0, 0.1) is 0 Å². The first-order valence-electron chi connectivity index (χ1n) is 10.4. The van der Waals surface area contributed by atoms with Crippen molar-refractivity contribution in [2.45, 2.75) is 57.3 Å². The number of fused-ring (bicyclic) bond motifs is 3. The smallest absolute Gasteiger partial charge is 0.271 e. The van der Waals surface area contributed by atoms with Crippen LogP contribution in [0.15, 0.2) is 41.8 Å². The molecule has 5 rings (SSSR count). The molecule has 1 aliphatic heterocycles. The molecular formula is C23H24ClN3O2S. The first kappa shape index (κ1) is 19.6. The number of nitrogens with one attached hydrogen (secondary N) is 1. The summed E-state index contributed by atoms with van der Waals surface area (Å²) in [7, 11) is 0. The van der Waals surface area contributed by atoms with Crippen molar-refractivity contribution < 1.29 is 9.59 Å². The molecule has 0 radical (unpaired) electrons. The number of hydrogen-bond acceptors (Lipinski definition) is 3. The van der Waals surface area contributed by atoms with Crippen LogP contribution < -0.4 is 5.32 Å². The van der Waals surface area contributed by atoms with Crippen LogP contribution in [0.1, 0.15) is 48.7 Å². The number of rotatable bonds is 4. The van der Waals surface area contributed by atoms with Crippen molar-refractivity contribution in [3.63, 3.8) is 0 Å². The summed E-state index contributed by atoms with van der Waals surface area (Å²) in [6.07, 6.45) is 4.30. The van der Waals surface area contributed by atoms with E-state index < -0.39 is 5.54 Å². The van der Waals surface area contributed by atoms with Gasteiger partial charge in [0.15, 0.2) is 0 Å². The van der Waals surface area contributed by atoms with Crippen LogP contribution in [0.3, 0.4) is 0 Å². The van der Waals surface area contributed by atoms with Crippen molar-refractivity contribution >= 4 is 45.0 Å². The maximum Gasteiger partial charge on any atom is 0.271 e. The summed E-state index contributed by atoms with van der Waals surface area (Å²) < 4.78 is 3.08. The van der Waals surface area contributed by atoms with E-state index in [0.29, 0.717) is 23.8 Å². The topological polar surface area (TPSA) is 54.3 Å². The van der Waals surface area contributed by atoms with Gasteiger partial charge in [-0.2, -0.15) is 0 Å². The third-order valence-electron chi connectivity index (χ3n) is 6.46. The van der Waals surface area contributed by atoms with E-state index in [9.17, 15) is 9.59 Å². The van der Waals surface area contributed by atoms with Gasteiger partial charge in [-0.3, -0.25) is 9.59 Å². The van der Waals surface area contributed by atoms with Crippen molar-refractivity contribution in [3.05, 3.63) is 58.1 Å². The van der Waals surface area contributed by atoms with Gasteiger partial charge >= 0.3 is 0 Å². The number of thiophene rings is 1. The van der Waals surface area contributed by atoms with Crippen molar-refractivity contribution in [3.8, 4) is 0 Å². The molecule has 2 aromatic heterocycles. The molecule has 156 valence electrons. The van der Waals surface area contributed by atoms with Gasteiger partial charge in [-0.25, -0.2) is 0 Å². The van der Waals surface area contributed by atoms with Gasteiger partial charge in [-0.05, 0) is 55.0 Å². The second-order valence-corrected chi connectivity index (χ2v) is 9.92. The highest BCUT2D eigenvalue weighted by atomic mass is 35.5. The van der Waals surface area contributed by atoms with Gasteiger partial charge in [-0.1, -0.05) is 36.6 Å². The van der Waals surface area contributed by atoms with Crippen molar-refractivity contribution in [1.82, 2.24) is 14.8 Å². The minimum atomic E-state index is -0.983. The number of halogens is 1. The Hall–Kier alpha value is -2.31. The maximum atomic E-state index is 13.6. The fourth-order valence-electron chi connectivity index (χ4n) is 4.75. The van der Waals surface area contributed by atoms with Crippen molar-refractivity contribution in [1.29, 1.82) is 0 Å². The van der Waals surface area contributed by atoms with Gasteiger partial charge in [-0.15, -0.1) is 11.3 Å². The van der Waals surface area contributed by atoms with Crippen molar-refractivity contribution in [2.75, 3.05) is 0 Å². The van der Waals surface area contributed by atoms with Gasteiger partial charge in [0.1, 0.15) is 11.2 Å². The minimum Gasteiger partial charge on any atom is -0.351 e. The Morgan fingerprint density at radius 1 is 1.27 bits per heavy atom. The maximum absolute atomic E-state index is 13.6. The normalized spacial score (nSPS) is 21.9. The van der Waals surface area contributed by atoms with Crippen LogP contribution in [0.2, 0.25) is 5.02 Å². The standard InChI is InChI=1S/C23H24ClN3O2S/c1-23(22(29)25-17-7-2-3-8-17)14-26-18-9-10-30-20(18)12-19(26)21(28)27(23)13-15-5-4-6-16(24)11-15/h4-6,9-12,17H,2-3,7-8,13-14H2,1H3,(H,25,29)/t23-/m0/s1. The molecule has 7 heteroatoms. The second kappa shape index (κ2) is 7.43. The SMILES string of the molecule is C[C@@]1(C(=O)NC2CCCC2)Cn2c(cc3sccc32)C(=O)N1Cc1cccc(Cl)c1. The van der Waals surface area contributed by atoms with E-state index in [-0.39, 0.29) is 17.9 Å². The lowest BCUT2D eigenvalue weighted by atomic mass is 9.93. The minimum absolute atomic E-state index is 0.0764. The molecule has 3 heterocycles. The Bertz CT molecular complexity index is 1130. The fourth-order valence-corrected chi connectivity index (χ4v) is 5.78. The highest BCUT2D eigenvalue weighted by Gasteiger charge is 2.48. The van der Waals surface area contributed by atoms with Crippen LogP contribution in [0.5, 0.6) is 0 Å². The zero-order valence-electron chi connectivity index (χ0n) is 16.9. The average molecular weight is 442 g/mol. The van der Waals surface area contributed by atoms with E-state index in [2.05, 4.69) is 5.32 Å². The monoisotopic (exact) mass is 441 g/mol. The molecule has 2 amide bonds. The largest absolute Gasteiger partial charge is 0.351 e. The molecule has 0 unspecified atom stereocenters. The molecular weight excluding hydrogens is 418 g/mol. The first-order chi connectivity index (χ1) is 14.5. The summed E-state index contributed by atoms with van der Waals surface area (Å²) in [6.45, 7) is 2.67. The van der Waals surface area contributed by atoms with E-state index in [1.165, 1.54) is 0 Å². The second-order valence-electron chi connectivity index (χ2n) is 8.54. The highest BCUT2D eigenvalue weighted by molar-refractivity contribution is 7.17. The van der Waals surface area contributed by atoms with E-state index in [1.54, 1.807) is 16.2 Å². The van der Waals surface area contributed by atoms with Gasteiger partial charge in [0.25, 0.3) is 5.91 Å². The summed E-state index contributed by atoms with van der Waals surface area (Å²) in [4.78, 5) is 28.9. The summed E-state index contributed by atoms with van der Waals surface area (Å²) in [5.41, 5.74) is 1.59. The van der Waals surface area contributed by atoms with E-state index in [4.69, 9.17) is 11.6 Å². The predicted octanol–water partition coefficient (Wildman–Crippen LogP) is 4.83. The van der Waals surface area contributed by atoms with Gasteiger partial charge in [0.2, 0.25) is 5.91 Å². The third-order valence-corrected chi connectivity index (χ3v) is 7.55. The molecule has 30 heavy (non-hydrogen) atoms. The number of carbonyl (C=O) groups is 2. The van der Waals surface area contributed by atoms with Crippen LogP contribution in [-0.2, 0) is 17.9 Å². The highest BCUT2D eigenvalue weighted by Crippen LogP contribution is 2.35. The molecule has 1 N–H and O–H groups in total. The Morgan fingerprint density at radius 2 is 2.07 bits per heavy atom. The number of aromatic nitrogens is 1. The molecule has 1 fully saturated rings. The third kappa shape index (κ3) is 3.22. The van der Waals surface area contributed by atoms with Gasteiger partial charge < -0.3 is 14.8 Å². The van der Waals surface area contributed by atoms with Gasteiger partial charge in [0.05, 0.1) is 16.8 Å². The molecule has 1 aliphatic carbocycles. The van der Waals surface area contributed by atoms with Crippen LogP contribution in [0.25, 0.3) is 10.2 Å². The Kier molecular flexibility index (Phi) is 4.86. The lowest BCUT2D eigenvalue weighted by Crippen LogP contribution is -2.64. The lowest BCUT2D eigenvalue weighted by Gasteiger charge is -2.44. The summed E-state index contributed by atoms with van der Waals surface area (Å²) in [5, 5.41) is 5.88. The number of amides is 2. The Labute approximate surface area is 184 Å². The zero-order chi connectivity index (χ0) is 20.9. The molecule has 0 spiro atoms. The van der Waals surface area contributed by atoms with E-state index in [0.717, 1.165) is 41.5 Å². The summed E-state index contributed by atoms with van der Waals surface area (Å²) in [5.74, 6) is -0.193. The van der Waals surface area contributed by atoms with Crippen molar-refractivity contribution in [2.24, 2.45) is 0 Å². The Morgan fingerprint density at radius 3 is 2.83 bits per heavy atom. The molecule has 1 atom stereocenters. The molecule has 0 bridgehead atoms. The quantitative estimate of drug-likeness (QED) is 0.630. The first-order valence-corrected chi connectivity index (χ1v) is 11.7. The molecule has 5 nitrogen and oxygen atoms in total. The van der Waals surface area contributed by atoms with E-state index >= 15 is 0 Å². The zero-order valence-corrected chi connectivity index (χ0v) is 18.4. The predicted molar refractivity (Wildman–Crippen MR) is 120 cm³/mol. The average Bonchev–Trinajstić information content (AvgIpc) is 3.44. The van der Waals surface area contributed by atoms with E-state index in [1.807, 2.05) is 53.3 Å². The number of benzene rings is 1. The number of carbonyl (C=O) groups excluding carboxylic acids is 2. The summed E-state index contributed by atoms with van der Waals surface area (Å²) >= 11 is 7.80. The lowest BCUT2D eigenvalue weighted by molar-refractivity contribution is -0.133. The molecule has 2 aliphatic rings. The molecule has 0 saturated heterocycles.